The van der Waals surface area contributed by atoms with Crippen LogP contribution in [0.2, 0.25) is 0 Å². The van der Waals surface area contributed by atoms with E-state index in [4.69, 9.17) is 0 Å². The number of benzene rings is 2. The fraction of sp³-hybridized carbons (Fsp3) is 0.250. The first-order valence-electron chi connectivity index (χ1n) is 8.25. The summed E-state index contributed by atoms with van der Waals surface area (Å²) in [7, 11) is 0. The predicted octanol–water partition coefficient (Wildman–Crippen LogP) is 3.61. The molecule has 0 N–H and O–H groups in total. The highest BCUT2D eigenvalue weighted by Gasteiger charge is 2.15. The maximum atomic E-state index is 4.51. The number of rotatable bonds is 4. The molecule has 0 fully saturated rings. The van der Waals surface area contributed by atoms with E-state index in [9.17, 15) is 0 Å². The fourth-order valence-electron chi connectivity index (χ4n) is 3.25. The minimum atomic E-state index is 0.939. The second kappa shape index (κ2) is 6.39. The number of fused-ring (bicyclic) bond motifs is 1. The molecule has 2 aromatic carbocycles. The fourth-order valence-corrected chi connectivity index (χ4v) is 3.25. The first-order valence-corrected chi connectivity index (χ1v) is 8.25. The molecule has 0 atom stereocenters. The SMILES string of the molecule is c1ccc(-c2cnn(CCN3CCc4ccccc4C3)c2)cc1. The van der Waals surface area contributed by atoms with E-state index in [1.807, 2.05) is 12.3 Å². The summed E-state index contributed by atoms with van der Waals surface area (Å²) in [6, 6.07) is 19.2. The molecule has 1 aliphatic heterocycles. The topological polar surface area (TPSA) is 21.1 Å². The predicted molar refractivity (Wildman–Crippen MR) is 93.1 cm³/mol. The lowest BCUT2D eigenvalue weighted by Crippen LogP contribution is -2.33. The summed E-state index contributed by atoms with van der Waals surface area (Å²) in [5.74, 6) is 0. The molecule has 116 valence electrons. The van der Waals surface area contributed by atoms with Crippen LogP contribution in [0.5, 0.6) is 0 Å². The van der Waals surface area contributed by atoms with Gasteiger partial charge in [-0.25, -0.2) is 0 Å². The molecule has 0 unspecified atom stereocenters. The summed E-state index contributed by atoms with van der Waals surface area (Å²) in [4.78, 5) is 2.52. The highest BCUT2D eigenvalue weighted by atomic mass is 15.3. The van der Waals surface area contributed by atoms with Crippen molar-refractivity contribution < 1.29 is 0 Å². The Morgan fingerprint density at radius 2 is 1.61 bits per heavy atom. The normalized spacial score (nSPS) is 14.6. The van der Waals surface area contributed by atoms with Crippen LogP contribution in [0.3, 0.4) is 0 Å². The van der Waals surface area contributed by atoms with E-state index in [2.05, 4.69) is 69.4 Å². The molecule has 1 aromatic heterocycles. The van der Waals surface area contributed by atoms with Crippen LogP contribution in [0, 0.1) is 0 Å². The Bertz CT molecular complexity index is 776. The van der Waals surface area contributed by atoms with Crippen molar-refractivity contribution in [3.8, 4) is 11.1 Å². The third kappa shape index (κ3) is 3.20. The molecule has 0 amide bonds. The minimum absolute atomic E-state index is 0.939. The van der Waals surface area contributed by atoms with E-state index in [1.165, 1.54) is 22.3 Å². The van der Waals surface area contributed by atoms with Gasteiger partial charge in [-0.3, -0.25) is 9.58 Å². The first kappa shape index (κ1) is 14.2. The molecule has 23 heavy (non-hydrogen) atoms. The van der Waals surface area contributed by atoms with Crippen LogP contribution in [0.1, 0.15) is 11.1 Å². The van der Waals surface area contributed by atoms with Gasteiger partial charge in [0.05, 0.1) is 12.7 Å². The number of nitrogens with zero attached hydrogens (tertiary/aromatic N) is 3. The Balaban J connectivity index is 1.38. The van der Waals surface area contributed by atoms with Gasteiger partial charge in [0, 0.05) is 31.4 Å². The molecule has 3 nitrogen and oxygen atoms in total. The molecular formula is C20H21N3. The van der Waals surface area contributed by atoms with Crippen molar-refractivity contribution in [3.63, 3.8) is 0 Å². The molecule has 3 heteroatoms. The molecule has 4 rings (SSSR count). The van der Waals surface area contributed by atoms with Gasteiger partial charge in [0.25, 0.3) is 0 Å². The van der Waals surface area contributed by atoms with Crippen LogP contribution in [0.25, 0.3) is 11.1 Å². The lowest BCUT2D eigenvalue weighted by molar-refractivity contribution is 0.240. The van der Waals surface area contributed by atoms with E-state index in [0.29, 0.717) is 0 Å². The second-order valence-electron chi connectivity index (χ2n) is 6.15. The Morgan fingerprint density at radius 1 is 0.826 bits per heavy atom. The molecule has 0 radical (unpaired) electrons. The lowest BCUT2D eigenvalue weighted by atomic mass is 10.00. The zero-order chi connectivity index (χ0) is 15.5. The van der Waals surface area contributed by atoms with Crippen LogP contribution in [0.4, 0.5) is 0 Å². The van der Waals surface area contributed by atoms with Crippen molar-refractivity contribution in [3.05, 3.63) is 78.1 Å². The Kier molecular flexibility index (Phi) is 3.95. The zero-order valence-electron chi connectivity index (χ0n) is 13.2. The molecular weight excluding hydrogens is 282 g/mol. The van der Waals surface area contributed by atoms with Gasteiger partial charge in [0.2, 0.25) is 0 Å². The van der Waals surface area contributed by atoms with Gasteiger partial charge < -0.3 is 0 Å². The highest BCUT2D eigenvalue weighted by molar-refractivity contribution is 5.61. The summed E-state index contributed by atoms with van der Waals surface area (Å²) in [5.41, 5.74) is 5.40. The van der Waals surface area contributed by atoms with E-state index >= 15 is 0 Å². The Labute approximate surface area is 137 Å². The van der Waals surface area contributed by atoms with Gasteiger partial charge in [0.1, 0.15) is 0 Å². The molecule has 0 bridgehead atoms. The number of aromatic nitrogens is 2. The van der Waals surface area contributed by atoms with Crippen molar-refractivity contribution in [1.82, 2.24) is 14.7 Å². The molecule has 0 aliphatic carbocycles. The van der Waals surface area contributed by atoms with Gasteiger partial charge in [-0.15, -0.1) is 0 Å². The van der Waals surface area contributed by atoms with E-state index < -0.39 is 0 Å². The summed E-state index contributed by atoms with van der Waals surface area (Å²) in [5, 5.41) is 4.51. The molecule has 3 aromatic rings. The lowest BCUT2D eigenvalue weighted by Gasteiger charge is -2.28. The van der Waals surface area contributed by atoms with Crippen LogP contribution >= 0.6 is 0 Å². The smallest absolute Gasteiger partial charge is 0.0568 e. The zero-order valence-corrected chi connectivity index (χ0v) is 13.2. The van der Waals surface area contributed by atoms with Crippen molar-refractivity contribution in [2.24, 2.45) is 0 Å². The standard InChI is InChI=1S/C20H21N3/c1-2-6-17(7-3-1)20-14-21-23(16-20)13-12-22-11-10-18-8-4-5-9-19(18)15-22/h1-9,14,16H,10-13,15H2. The van der Waals surface area contributed by atoms with Crippen LogP contribution in [-0.4, -0.2) is 27.8 Å². The van der Waals surface area contributed by atoms with Crippen LogP contribution in [-0.2, 0) is 19.5 Å². The monoisotopic (exact) mass is 303 g/mol. The van der Waals surface area contributed by atoms with Crippen LogP contribution in [0.15, 0.2) is 67.0 Å². The van der Waals surface area contributed by atoms with Gasteiger partial charge in [-0.2, -0.15) is 5.10 Å². The molecule has 2 heterocycles. The quantitative estimate of drug-likeness (QED) is 0.734. The molecule has 0 saturated heterocycles. The highest BCUT2D eigenvalue weighted by Crippen LogP contribution is 2.19. The molecule has 0 spiro atoms. The van der Waals surface area contributed by atoms with Crippen molar-refractivity contribution in [2.45, 2.75) is 19.5 Å². The minimum Gasteiger partial charge on any atom is -0.297 e. The van der Waals surface area contributed by atoms with E-state index in [0.717, 1.165) is 32.6 Å². The van der Waals surface area contributed by atoms with Gasteiger partial charge in [-0.05, 0) is 23.1 Å². The number of hydrogen-bond donors (Lipinski definition) is 0. The average molecular weight is 303 g/mol. The molecule has 0 saturated carbocycles. The van der Waals surface area contributed by atoms with Crippen molar-refractivity contribution in [2.75, 3.05) is 13.1 Å². The van der Waals surface area contributed by atoms with Crippen LogP contribution < -0.4 is 0 Å². The van der Waals surface area contributed by atoms with Crippen molar-refractivity contribution in [1.29, 1.82) is 0 Å². The van der Waals surface area contributed by atoms with Crippen molar-refractivity contribution >= 4 is 0 Å². The Morgan fingerprint density at radius 3 is 2.48 bits per heavy atom. The maximum Gasteiger partial charge on any atom is 0.0568 e. The maximum absolute atomic E-state index is 4.51. The average Bonchev–Trinajstić information content (AvgIpc) is 3.10. The number of hydrogen-bond acceptors (Lipinski definition) is 2. The van der Waals surface area contributed by atoms with E-state index in [1.54, 1.807) is 0 Å². The third-order valence-corrected chi connectivity index (χ3v) is 4.60. The summed E-state index contributed by atoms with van der Waals surface area (Å²) < 4.78 is 2.06. The Hall–Kier alpha value is -2.39. The second-order valence-corrected chi connectivity index (χ2v) is 6.15. The summed E-state index contributed by atoms with van der Waals surface area (Å²) in [6.45, 7) is 4.19. The van der Waals surface area contributed by atoms with Gasteiger partial charge in [-0.1, -0.05) is 54.6 Å². The third-order valence-electron chi connectivity index (χ3n) is 4.60. The van der Waals surface area contributed by atoms with Gasteiger partial charge >= 0.3 is 0 Å². The largest absolute Gasteiger partial charge is 0.297 e. The summed E-state index contributed by atoms with van der Waals surface area (Å²) >= 11 is 0. The summed E-state index contributed by atoms with van der Waals surface area (Å²) in [6.07, 6.45) is 5.26. The molecule has 1 aliphatic rings. The first-order chi connectivity index (χ1) is 11.4. The van der Waals surface area contributed by atoms with Gasteiger partial charge in [0.15, 0.2) is 0 Å². The van der Waals surface area contributed by atoms with E-state index in [-0.39, 0.29) is 0 Å².